The number of benzene rings is 2. The van der Waals surface area contributed by atoms with Gasteiger partial charge in [0, 0.05) is 31.6 Å². The van der Waals surface area contributed by atoms with Gasteiger partial charge < -0.3 is 25.4 Å². The van der Waals surface area contributed by atoms with E-state index in [1.165, 1.54) is 13.0 Å². The van der Waals surface area contributed by atoms with E-state index < -0.39 is 12.7 Å². The Morgan fingerprint density at radius 3 is 2.60 bits per heavy atom. The van der Waals surface area contributed by atoms with Crippen LogP contribution in [-0.4, -0.2) is 42.5 Å². The summed E-state index contributed by atoms with van der Waals surface area (Å²) in [5, 5.41) is 2.88. The van der Waals surface area contributed by atoms with Crippen molar-refractivity contribution in [3.63, 3.8) is 0 Å². The molecule has 1 saturated carbocycles. The van der Waals surface area contributed by atoms with Gasteiger partial charge in [-0.05, 0) is 60.6 Å². The van der Waals surface area contributed by atoms with E-state index in [1.54, 1.807) is 29.2 Å². The van der Waals surface area contributed by atoms with E-state index in [1.807, 2.05) is 12.1 Å². The fourth-order valence-corrected chi connectivity index (χ4v) is 4.25. The minimum absolute atomic E-state index is 0. The molecular weight excluding hydrogens is 480 g/mol. The smallest absolute Gasteiger partial charge is 0.387 e. The van der Waals surface area contributed by atoms with E-state index in [-0.39, 0.29) is 41.6 Å². The molecule has 2 fully saturated rings. The number of alkyl halides is 2. The lowest BCUT2D eigenvalue weighted by Gasteiger charge is -2.22. The van der Waals surface area contributed by atoms with Crippen molar-refractivity contribution in [1.29, 1.82) is 0 Å². The molecular formula is C25H30ClF2N3O4. The van der Waals surface area contributed by atoms with E-state index in [4.69, 9.17) is 10.5 Å². The number of nitrogens with one attached hydrogen (secondary N) is 1. The molecule has 2 atom stereocenters. The quantitative estimate of drug-likeness (QED) is 0.525. The lowest BCUT2D eigenvalue weighted by atomic mass is 9.95. The number of hydrogen-bond donors (Lipinski definition) is 2. The monoisotopic (exact) mass is 509 g/mol. The van der Waals surface area contributed by atoms with Crippen molar-refractivity contribution in [3.05, 3.63) is 53.6 Å². The Morgan fingerprint density at radius 2 is 1.94 bits per heavy atom. The third kappa shape index (κ3) is 6.82. The van der Waals surface area contributed by atoms with Crippen LogP contribution < -0.4 is 20.5 Å². The Balaban J connectivity index is 0.00000342. The van der Waals surface area contributed by atoms with Gasteiger partial charge in [-0.3, -0.25) is 9.59 Å². The van der Waals surface area contributed by atoms with E-state index in [2.05, 4.69) is 10.1 Å². The van der Waals surface area contributed by atoms with E-state index >= 15 is 0 Å². The van der Waals surface area contributed by atoms with Gasteiger partial charge in [-0.2, -0.15) is 8.78 Å². The zero-order chi connectivity index (χ0) is 24.2. The van der Waals surface area contributed by atoms with Crippen LogP contribution in [-0.2, 0) is 16.1 Å². The van der Waals surface area contributed by atoms with Gasteiger partial charge in [0.1, 0.15) is 6.04 Å². The van der Waals surface area contributed by atoms with Crippen molar-refractivity contribution in [2.45, 2.75) is 51.3 Å². The summed E-state index contributed by atoms with van der Waals surface area (Å²) < 4.78 is 36.1. The standard InChI is InChI=1S/C25H29F2N3O4.ClH/c1-15(31)30-13-19(10-21(30)24(32)29-20-4-2-3-17(9-20)12-28)18-7-8-22(34-25(26)27)23(11-18)33-14-16-5-6-16;/h2-4,7-9,11,16,19,21,25H,5-6,10,12-14,28H2,1H3,(H,29,32);1H/t19?,21-;/m1./s1. The predicted molar refractivity (Wildman–Crippen MR) is 130 cm³/mol. The molecule has 4 rings (SSSR count). The highest BCUT2D eigenvalue weighted by atomic mass is 35.5. The first-order valence-corrected chi connectivity index (χ1v) is 11.4. The average molecular weight is 510 g/mol. The fraction of sp³-hybridized carbons (Fsp3) is 0.440. The third-order valence-corrected chi connectivity index (χ3v) is 6.27. The minimum Gasteiger partial charge on any atom is -0.489 e. The van der Waals surface area contributed by atoms with Gasteiger partial charge in [0.05, 0.1) is 6.61 Å². The molecule has 1 unspecified atom stereocenters. The van der Waals surface area contributed by atoms with Crippen LogP contribution in [0.3, 0.4) is 0 Å². The molecule has 1 saturated heterocycles. The molecule has 2 aromatic carbocycles. The molecule has 190 valence electrons. The van der Waals surface area contributed by atoms with E-state index in [0.29, 0.717) is 37.7 Å². The zero-order valence-electron chi connectivity index (χ0n) is 19.4. The van der Waals surface area contributed by atoms with Crippen LogP contribution in [0.5, 0.6) is 11.5 Å². The first-order valence-electron chi connectivity index (χ1n) is 11.4. The fourth-order valence-electron chi connectivity index (χ4n) is 4.25. The van der Waals surface area contributed by atoms with Crippen molar-refractivity contribution in [2.24, 2.45) is 11.7 Å². The number of carbonyl (C=O) groups is 2. The minimum atomic E-state index is -2.96. The van der Waals surface area contributed by atoms with Gasteiger partial charge >= 0.3 is 6.61 Å². The lowest BCUT2D eigenvalue weighted by Crippen LogP contribution is -2.42. The predicted octanol–water partition coefficient (Wildman–Crippen LogP) is 4.30. The molecule has 0 aromatic heterocycles. The Bertz CT molecular complexity index is 1050. The van der Waals surface area contributed by atoms with Crippen molar-refractivity contribution in [2.75, 3.05) is 18.5 Å². The molecule has 35 heavy (non-hydrogen) atoms. The van der Waals surface area contributed by atoms with E-state index in [0.717, 1.165) is 24.0 Å². The number of likely N-dealkylation sites (tertiary alicyclic amines) is 1. The first-order chi connectivity index (χ1) is 16.3. The first kappa shape index (κ1) is 26.7. The highest BCUT2D eigenvalue weighted by Gasteiger charge is 2.39. The van der Waals surface area contributed by atoms with Gasteiger partial charge in [0.25, 0.3) is 0 Å². The molecule has 0 bridgehead atoms. The Hall–Kier alpha value is -2.91. The summed E-state index contributed by atoms with van der Waals surface area (Å²) in [4.78, 5) is 26.9. The van der Waals surface area contributed by atoms with Crippen molar-refractivity contribution in [1.82, 2.24) is 4.90 Å². The second-order valence-corrected chi connectivity index (χ2v) is 8.85. The average Bonchev–Trinajstić information content (AvgIpc) is 3.53. The summed E-state index contributed by atoms with van der Waals surface area (Å²) >= 11 is 0. The Morgan fingerprint density at radius 1 is 1.17 bits per heavy atom. The molecule has 0 spiro atoms. The molecule has 2 amide bonds. The largest absolute Gasteiger partial charge is 0.489 e. The highest BCUT2D eigenvalue weighted by Crippen LogP contribution is 2.39. The maximum atomic E-state index is 13.1. The second-order valence-electron chi connectivity index (χ2n) is 8.85. The molecule has 2 aromatic rings. The lowest BCUT2D eigenvalue weighted by molar-refractivity contribution is -0.134. The number of anilines is 1. The number of hydrogen-bond acceptors (Lipinski definition) is 5. The van der Waals surface area contributed by atoms with Gasteiger partial charge in [-0.25, -0.2) is 0 Å². The van der Waals surface area contributed by atoms with Crippen LogP contribution >= 0.6 is 12.4 Å². The zero-order valence-corrected chi connectivity index (χ0v) is 20.2. The summed E-state index contributed by atoms with van der Waals surface area (Å²) in [6.07, 6.45) is 2.52. The maximum Gasteiger partial charge on any atom is 0.387 e. The van der Waals surface area contributed by atoms with Crippen LogP contribution in [0.1, 0.15) is 43.2 Å². The van der Waals surface area contributed by atoms with Crippen LogP contribution in [0.2, 0.25) is 0 Å². The highest BCUT2D eigenvalue weighted by molar-refractivity contribution is 5.97. The number of ether oxygens (including phenoxy) is 2. The van der Waals surface area contributed by atoms with Gasteiger partial charge in [-0.1, -0.05) is 18.2 Å². The van der Waals surface area contributed by atoms with Gasteiger partial charge in [-0.15, -0.1) is 12.4 Å². The second kappa shape index (κ2) is 11.7. The van der Waals surface area contributed by atoms with Crippen molar-refractivity contribution < 1.29 is 27.8 Å². The number of rotatable bonds is 9. The summed E-state index contributed by atoms with van der Waals surface area (Å²) in [5.41, 5.74) is 7.98. The molecule has 1 aliphatic heterocycles. The number of nitrogens with zero attached hydrogens (tertiary/aromatic N) is 1. The number of nitrogens with two attached hydrogens (primary N) is 1. The number of amides is 2. The molecule has 10 heteroatoms. The summed E-state index contributed by atoms with van der Waals surface area (Å²) in [6, 6.07) is 11.4. The van der Waals surface area contributed by atoms with Crippen molar-refractivity contribution in [3.8, 4) is 11.5 Å². The molecule has 1 aliphatic carbocycles. The summed E-state index contributed by atoms with van der Waals surface area (Å²) in [7, 11) is 0. The molecule has 3 N–H and O–H groups in total. The summed E-state index contributed by atoms with van der Waals surface area (Å²) in [6.45, 7) is -0.389. The Kier molecular flexibility index (Phi) is 8.91. The number of halogens is 3. The van der Waals surface area contributed by atoms with Crippen LogP contribution in [0.4, 0.5) is 14.5 Å². The SMILES string of the molecule is CC(=O)N1CC(c2ccc(OC(F)F)c(OCC3CC3)c2)C[C@@H]1C(=O)Nc1cccc(CN)c1.Cl. The normalized spacial score (nSPS) is 19.3. The van der Waals surface area contributed by atoms with Crippen LogP contribution in [0.25, 0.3) is 0 Å². The van der Waals surface area contributed by atoms with E-state index in [9.17, 15) is 18.4 Å². The Labute approximate surface area is 209 Å². The van der Waals surface area contributed by atoms with Crippen LogP contribution in [0, 0.1) is 5.92 Å². The van der Waals surface area contributed by atoms with Crippen molar-refractivity contribution >= 4 is 29.9 Å². The summed E-state index contributed by atoms with van der Waals surface area (Å²) in [5.74, 6) is 0.0314. The molecule has 1 heterocycles. The molecule has 0 radical (unpaired) electrons. The third-order valence-electron chi connectivity index (χ3n) is 6.27. The van der Waals surface area contributed by atoms with Crippen LogP contribution in [0.15, 0.2) is 42.5 Å². The molecule has 2 aliphatic rings. The number of carbonyl (C=O) groups excluding carboxylic acids is 2. The topological polar surface area (TPSA) is 93.9 Å². The van der Waals surface area contributed by atoms with Gasteiger partial charge in [0.15, 0.2) is 11.5 Å². The molecule has 7 nitrogen and oxygen atoms in total. The maximum absolute atomic E-state index is 13.1. The van der Waals surface area contributed by atoms with Gasteiger partial charge in [0.2, 0.25) is 11.8 Å².